The summed E-state index contributed by atoms with van der Waals surface area (Å²) in [6, 6.07) is 27.9. The first-order valence-corrected chi connectivity index (χ1v) is 8.91. The number of rotatable bonds is 6. The number of hydrogen-bond acceptors (Lipinski definition) is 2. The van der Waals surface area contributed by atoms with E-state index in [0.717, 1.165) is 22.4 Å². The van der Waals surface area contributed by atoms with Crippen LogP contribution >= 0.6 is 0 Å². The minimum Gasteiger partial charge on any atom is -0.324 e. The molecule has 0 radical (unpaired) electrons. The molecule has 132 valence electrons. The Hall–Kier alpha value is -2.91. The largest absolute Gasteiger partial charge is 0.324 e. The molecule has 0 aromatic heterocycles. The molecule has 26 heavy (non-hydrogen) atoms. The van der Waals surface area contributed by atoms with E-state index in [4.69, 9.17) is 0 Å². The maximum atomic E-state index is 12.7. The monoisotopic (exact) mass is 344 g/mol. The highest BCUT2D eigenvalue weighted by atomic mass is 16.2. The second kappa shape index (κ2) is 8.45. The molecular formula is C23H24N2O. The van der Waals surface area contributed by atoms with Crippen molar-refractivity contribution in [2.45, 2.75) is 25.9 Å². The third-order valence-electron chi connectivity index (χ3n) is 4.46. The number of carbonyl (C=O) groups is 1. The van der Waals surface area contributed by atoms with Crippen molar-refractivity contribution in [1.82, 2.24) is 5.32 Å². The summed E-state index contributed by atoms with van der Waals surface area (Å²) in [7, 11) is 0. The van der Waals surface area contributed by atoms with Crippen LogP contribution in [0.4, 0.5) is 5.69 Å². The van der Waals surface area contributed by atoms with Gasteiger partial charge in [0.05, 0.1) is 6.04 Å². The lowest BCUT2D eigenvalue weighted by molar-refractivity contribution is -0.117. The Morgan fingerprint density at radius 1 is 0.769 bits per heavy atom. The Morgan fingerprint density at radius 3 is 2.04 bits per heavy atom. The van der Waals surface area contributed by atoms with E-state index in [1.165, 1.54) is 0 Å². The van der Waals surface area contributed by atoms with Gasteiger partial charge >= 0.3 is 0 Å². The molecule has 3 heteroatoms. The first-order valence-electron chi connectivity index (χ1n) is 8.91. The van der Waals surface area contributed by atoms with Gasteiger partial charge in [-0.05, 0) is 31.0 Å². The lowest BCUT2D eigenvalue weighted by Crippen LogP contribution is -2.39. The van der Waals surface area contributed by atoms with Gasteiger partial charge in [0.25, 0.3) is 0 Å². The molecule has 3 aromatic carbocycles. The summed E-state index contributed by atoms with van der Waals surface area (Å²) in [5.74, 6) is -0.0452. The van der Waals surface area contributed by atoms with Gasteiger partial charge in [-0.2, -0.15) is 0 Å². The summed E-state index contributed by atoms with van der Waals surface area (Å²) >= 11 is 0. The zero-order valence-corrected chi connectivity index (χ0v) is 15.1. The van der Waals surface area contributed by atoms with Crippen molar-refractivity contribution < 1.29 is 4.79 Å². The third kappa shape index (κ3) is 4.38. The van der Waals surface area contributed by atoms with E-state index in [0.29, 0.717) is 0 Å². The Morgan fingerprint density at radius 2 is 1.35 bits per heavy atom. The molecule has 2 atom stereocenters. The minimum absolute atomic E-state index is 0.0452. The quantitative estimate of drug-likeness (QED) is 0.658. The van der Waals surface area contributed by atoms with Gasteiger partial charge in [-0.25, -0.2) is 0 Å². The fraction of sp³-hybridized carbons (Fsp3) is 0.174. The van der Waals surface area contributed by atoms with Gasteiger partial charge in [0.2, 0.25) is 5.91 Å². The van der Waals surface area contributed by atoms with Crippen LogP contribution in [0.2, 0.25) is 0 Å². The number of amides is 1. The van der Waals surface area contributed by atoms with Crippen LogP contribution in [0.1, 0.15) is 25.5 Å². The molecule has 0 spiro atoms. The van der Waals surface area contributed by atoms with Gasteiger partial charge in [-0.15, -0.1) is 0 Å². The maximum Gasteiger partial charge on any atom is 0.241 e. The molecule has 0 bridgehead atoms. The van der Waals surface area contributed by atoms with Gasteiger partial charge in [-0.3, -0.25) is 10.1 Å². The fourth-order valence-corrected chi connectivity index (χ4v) is 2.99. The highest BCUT2D eigenvalue weighted by Crippen LogP contribution is 2.27. The number of anilines is 1. The molecule has 3 aromatic rings. The summed E-state index contributed by atoms with van der Waals surface area (Å²) in [4.78, 5) is 12.7. The van der Waals surface area contributed by atoms with Crippen molar-refractivity contribution in [1.29, 1.82) is 0 Å². The Bertz CT molecular complexity index is 846. The topological polar surface area (TPSA) is 41.1 Å². The van der Waals surface area contributed by atoms with E-state index in [9.17, 15) is 4.79 Å². The number of benzene rings is 3. The van der Waals surface area contributed by atoms with Crippen LogP contribution in [-0.2, 0) is 4.79 Å². The van der Waals surface area contributed by atoms with Crippen molar-refractivity contribution in [3.8, 4) is 11.1 Å². The van der Waals surface area contributed by atoms with Crippen LogP contribution in [0.15, 0.2) is 84.9 Å². The lowest BCUT2D eigenvalue weighted by Gasteiger charge is -2.21. The van der Waals surface area contributed by atoms with Crippen LogP contribution in [0.25, 0.3) is 11.1 Å². The second-order valence-electron chi connectivity index (χ2n) is 6.42. The average molecular weight is 344 g/mol. The van der Waals surface area contributed by atoms with E-state index in [-0.39, 0.29) is 18.0 Å². The van der Waals surface area contributed by atoms with Crippen LogP contribution in [0, 0.1) is 0 Å². The van der Waals surface area contributed by atoms with Crippen molar-refractivity contribution in [2.75, 3.05) is 5.32 Å². The van der Waals surface area contributed by atoms with Crippen LogP contribution < -0.4 is 10.6 Å². The molecule has 0 aliphatic carbocycles. The molecule has 1 amide bonds. The summed E-state index contributed by atoms with van der Waals surface area (Å²) in [6.45, 7) is 3.96. The van der Waals surface area contributed by atoms with Crippen molar-refractivity contribution in [3.05, 3.63) is 90.5 Å². The Kier molecular flexibility index (Phi) is 5.82. The Labute approximate surface area is 155 Å². The number of carbonyl (C=O) groups excluding carboxylic acids is 1. The van der Waals surface area contributed by atoms with Gasteiger partial charge in [0.15, 0.2) is 0 Å². The summed E-state index contributed by atoms with van der Waals surface area (Å²) < 4.78 is 0. The van der Waals surface area contributed by atoms with Crippen molar-refractivity contribution in [3.63, 3.8) is 0 Å². The molecule has 0 saturated heterocycles. The highest BCUT2D eigenvalue weighted by molar-refractivity contribution is 5.98. The predicted molar refractivity (Wildman–Crippen MR) is 108 cm³/mol. The SMILES string of the molecule is C[C@H](N[C@@H](C)c1ccccc1)C(=O)Nc1ccccc1-c1ccccc1. The molecule has 0 heterocycles. The molecule has 3 rings (SSSR count). The maximum absolute atomic E-state index is 12.7. The van der Waals surface area contributed by atoms with Crippen LogP contribution in [0.3, 0.4) is 0 Å². The lowest BCUT2D eigenvalue weighted by atomic mass is 10.0. The first-order chi connectivity index (χ1) is 12.6. The zero-order valence-electron chi connectivity index (χ0n) is 15.1. The Balaban J connectivity index is 1.70. The van der Waals surface area contributed by atoms with E-state index >= 15 is 0 Å². The van der Waals surface area contributed by atoms with Gasteiger partial charge in [0.1, 0.15) is 0 Å². The summed E-state index contributed by atoms with van der Waals surface area (Å²) in [5.41, 5.74) is 4.09. The molecular weight excluding hydrogens is 320 g/mol. The molecule has 0 saturated carbocycles. The highest BCUT2D eigenvalue weighted by Gasteiger charge is 2.17. The number of nitrogens with one attached hydrogen (secondary N) is 2. The molecule has 0 fully saturated rings. The standard InChI is InChI=1S/C23H24N2O/c1-17(19-11-5-3-6-12-19)24-18(2)23(26)25-22-16-10-9-15-21(22)20-13-7-4-8-14-20/h3-18,24H,1-2H3,(H,25,26)/t17-,18-/m0/s1. The van der Waals surface area contributed by atoms with Crippen LogP contribution in [0.5, 0.6) is 0 Å². The van der Waals surface area contributed by atoms with E-state index in [2.05, 4.69) is 29.7 Å². The van der Waals surface area contributed by atoms with Gasteiger partial charge < -0.3 is 5.32 Å². The average Bonchev–Trinajstić information content (AvgIpc) is 2.69. The van der Waals surface area contributed by atoms with Crippen LogP contribution in [-0.4, -0.2) is 11.9 Å². The van der Waals surface area contributed by atoms with Crippen molar-refractivity contribution in [2.24, 2.45) is 0 Å². The van der Waals surface area contributed by atoms with Gasteiger partial charge in [0, 0.05) is 17.3 Å². The smallest absolute Gasteiger partial charge is 0.241 e. The third-order valence-corrected chi connectivity index (χ3v) is 4.46. The molecule has 2 N–H and O–H groups in total. The normalized spacial score (nSPS) is 13.0. The summed E-state index contributed by atoms with van der Waals surface area (Å²) in [6.07, 6.45) is 0. The summed E-state index contributed by atoms with van der Waals surface area (Å²) in [5, 5.41) is 6.43. The first kappa shape index (κ1) is 17.9. The van der Waals surface area contributed by atoms with Gasteiger partial charge in [-0.1, -0.05) is 78.9 Å². The molecule has 0 aliphatic rings. The van der Waals surface area contributed by atoms with E-state index < -0.39 is 0 Å². The fourth-order valence-electron chi connectivity index (χ4n) is 2.99. The zero-order chi connectivity index (χ0) is 18.4. The number of hydrogen-bond donors (Lipinski definition) is 2. The minimum atomic E-state index is -0.311. The molecule has 3 nitrogen and oxygen atoms in total. The van der Waals surface area contributed by atoms with E-state index in [1.54, 1.807) is 0 Å². The second-order valence-corrected chi connectivity index (χ2v) is 6.42. The molecule has 0 unspecified atom stereocenters. The van der Waals surface area contributed by atoms with Crippen molar-refractivity contribution >= 4 is 11.6 Å². The molecule has 0 aliphatic heterocycles. The predicted octanol–water partition coefficient (Wildman–Crippen LogP) is 5.03. The van der Waals surface area contributed by atoms with E-state index in [1.807, 2.05) is 79.7 Å². The number of para-hydroxylation sites is 1.